The number of rotatable bonds is 13. The molecule has 0 fully saturated rings. The highest BCUT2D eigenvalue weighted by atomic mass is 19.4. The maximum atomic E-state index is 12.4. The van der Waals surface area contributed by atoms with Gasteiger partial charge in [0.1, 0.15) is 12.3 Å². The monoisotopic (exact) mass is 535 g/mol. The fourth-order valence-corrected chi connectivity index (χ4v) is 3.44. The van der Waals surface area contributed by atoms with Crippen molar-refractivity contribution >= 4 is 29.7 Å². The fourth-order valence-electron chi connectivity index (χ4n) is 3.44. The smallest absolute Gasteiger partial charge is 0.406 e. The summed E-state index contributed by atoms with van der Waals surface area (Å²) in [6.45, 7) is 0.531. The van der Waals surface area contributed by atoms with Gasteiger partial charge < -0.3 is 20.4 Å². The third kappa shape index (κ3) is 8.76. The fraction of sp³-hybridized carbons (Fsp3) is 0.304. The molecule has 3 N–H and O–H groups in total. The molecule has 2 aromatic heterocycles. The first-order valence-corrected chi connectivity index (χ1v) is 11.3. The number of nitrogens with two attached hydrogens (primary N) is 1. The van der Waals surface area contributed by atoms with Gasteiger partial charge in [-0.05, 0) is 36.6 Å². The number of aromatic nitrogens is 4. The molecule has 2 heterocycles. The van der Waals surface area contributed by atoms with E-state index in [0.717, 1.165) is 17.0 Å². The van der Waals surface area contributed by atoms with Crippen LogP contribution in [0.4, 0.5) is 24.7 Å². The predicted octanol–water partition coefficient (Wildman–Crippen LogP) is 1.45. The summed E-state index contributed by atoms with van der Waals surface area (Å²) < 4.78 is 43.9. The minimum Gasteiger partial charge on any atom is -0.406 e. The van der Waals surface area contributed by atoms with Gasteiger partial charge in [0.25, 0.3) is 5.56 Å². The minimum atomic E-state index is -4.84. The number of hydrogen-bond donors (Lipinski definition) is 2. The second kappa shape index (κ2) is 12.5. The van der Waals surface area contributed by atoms with Crippen LogP contribution in [0.25, 0.3) is 0 Å². The molecule has 3 amide bonds. The lowest BCUT2D eigenvalue weighted by Gasteiger charge is -2.11. The lowest BCUT2D eigenvalue weighted by Crippen LogP contribution is -2.32. The van der Waals surface area contributed by atoms with Crippen LogP contribution in [0, 0.1) is 0 Å². The first-order chi connectivity index (χ1) is 18.0. The Balaban J connectivity index is 1.47. The van der Waals surface area contributed by atoms with Crippen LogP contribution in [-0.2, 0) is 33.9 Å². The molecule has 0 saturated carbocycles. The normalized spacial score (nSPS) is 11.1. The summed E-state index contributed by atoms with van der Waals surface area (Å²) in [6.07, 6.45) is -0.359. The van der Waals surface area contributed by atoms with Gasteiger partial charge in [-0.15, -0.1) is 18.3 Å². The summed E-state index contributed by atoms with van der Waals surface area (Å²) in [5.74, 6) is -1.44. The van der Waals surface area contributed by atoms with Crippen LogP contribution < -0.4 is 26.2 Å². The Morgan fingerprint density at radius 1 is 1.16 bits per heavy atom. The number of carbonyl (C=O) groups is 3. The number of benzene rings is 1. The number of halogens is 3. The predicted molar refractivity (Wildman–Crippen MR) is 128 cm³/mol. The Hall–Kier alpha value is -4.69. The number of unbranched alkanes of at least 4 members (excludes halogenated alkanes) is 1. The van der Waals surface area contributed by atoms with Crippen LogP contribution in [0.5, 0.6) is 5.75 Å². The van der Waals surface area contributed by atoms with Gasteiger partial charge in [-0.3, -0.25) is 28.8 Å². The summed E-state index contributed by atoms with van der Waals surface area (Å²) in [7, 11) is 0. The van der Waals surface area contributed by atoms with E-state index < -0.39 is 23.9 Å². The molecular weight excluding hydrogens is 511 g/mol. The summed E-state index contributed by atoms with van der Waals surface area (Å²) >= 11 is 0. The number of ether oxygens (including phenoxy) is 1. The molecule has 0 spiro atoms. The van der Waals surface area contributed by atoms with E-state index in [4.69, 9.17) is 5.73 Å². The van der Waals surface area contributed by atoms with Gasteiger partial charge in [0.05, 0.1) is 12.6 Å². The van der Waals surface area contributed by atoms with E-state index in [1.807, 2.05) is 0 Å². The van der Waals surface area contributed by atoms with Crippen LogP contribution in [0.1, 0.15) is 18.4 Å². The Morgan fingerprint density at radius 3 is 2.61 bits per heavy atom. The van der Waals surface area contributed by atoms with Gasteiger partial charge >= 0.3 is 6.36 Å². The lowest BCUT2D eigenvalue weighted by atomic mass is 10.1. The molecule has 38 heavy (non-hydrogen) atoms. The van der Waals surface area contributed by atoms with Gasteiger partial charge in [0, 0.05) is 31.0 Å². The zero-order valence-electron chi connectivity index (χ0n) is 19.9. The Labute approximate surface area is 213 Å². The van der Waals surface area contributed by atoms with E-state index in [0.29, 0.717) is 37.9 Å². The van der Waals surface area contributed by atoms with Crippen LogP contribution in [-0.4, -0.2) is 50.7 Å². The molecular formula is C23H24F3N7O5. The molecule has 15 heteroatoms. The van der Waals surface area contributed by atoms with E-state index in [2.05, 4.69) is 20.4 Å². The molecule has 3 rings (SSSR count). The van der Waals surface area contributed by atoms with Crippen molar-refractivity contribution in [3.63, 3.8) is 0 Å². The first-order valence-electron chi connectivity index (χ1n) is 11.3. The lowest BCUT2D eigenvalue weighted by molar-refractivity contribution is -0.274. The van der Waals surface area contributed by atoms with Crippen molar-refractivity contribution in [2.45, 2.75) is 38.7 Å². The average molecular weight is 535 g/mol. The van der Waals surface area contributed by atoms with Crippen molar-refractivity contribution in [1.82, 2.24) is 19.6 Å². The highest BCUT2D eigenvalue weighted by Gasteiger charge is 2.31. The topological polar surface area (TPSA) is 154 Å². The first kappa shape index (κ1) is 27.9. The van der Waals surface area contributed by atoms with Crippen molar-refractivity contribution in [2.24, 2.45) is 5.73 Å². The van der Waals surface area contributed by atoms with Gasteiger partial charge in [-0.1, -0.05) is 17.3 Å². The summed E-state index contributed by atoms with van der Waals surface area (Å²) in [6, 6.07) is 7.86. The van der Waals surface area contributed by atoms with Gasteiger partial charge in [-0.2, -0.15) is 0 Å². The van der Waals surface area contributed by atoms with Crippen LogP contribution >= 0.6 is 0 Å². The van der Waals surface area contributed by atoms with Crippen LogP contribution in [0.3, 0.4) is 0 Å². The second-order valence-corrected chi connectivity index (χ2v) is 8.11. The van der Waals surface area contributed by atoms with E-state index >= 15 is 0 Å². The van der Waals surface area contributed by atoms with Crippen molar-refractivity contribution in [3.05, 3.63) is 64.7 Å². The number of pyridine rings is 1. The molecule has 0 aliphatic rings. The van der Waals surface area contributed by atoms with Gasteiger partial charge in [0.2, 0.25) is 18.2 Å². The van der Waals surface area contributed by atoms with Crippen molar-refractivity contribution < 1.29 is 32.3 Å². The zero-order chi connectivity index (χ0) is 27.7. The standard InChI is InChI=1S/C23H24F3N7O5/c24-23(25,26)38-18-5-3-4-16(10-18)11-21(36)28-17-6-9-31(22(37)12-17)7-1-2-8-33-14-20(29-30-33)32(15-34)13-19(27)35/h3-6,9-10,12,14-15H,1-2,7-8,11,13H2,(H2,27,35)(H,28,36). The van der Waals surface area contributed by atoms with Crippen molar-refractivity contribution in [1.29, 1.82) is 0 Å². The number of anilines is 2. The number of primary amides is 1. The third-order valence-electron chi connectivity index (χ3n) is 5.09. The largest absolute Gasteiger partial charge is 0.573 e. The molecule has 0 atom stereocenters. The van der Waals surface area contributed by atoms with E-state index in [-0.39, 0.29) is 30.0 Å². The molecule has 0 radical (unpaired) electrons. The van der Waals surface area contributed by atoms with E-state index in [1.54, 1.807) is 6.07 Å². The highest BCUT2D eigenvalue weighted by Crippen LogP contribution is 2.23. The summed E-state index contributed by atoms with van der Waals surface area (Å²) in [4.78, 5) is 47.8. The molecule has 1 aromatic carbocycles. The van der Waals surface area contributed by atoms with Crippen LogP contribution in [0.2, 0.25) is 0 Å². The number of carbonyl (C=O) groups excluding carboxylic acids is 3. The number of amides is 3. The number of aryl methyl sites for hydroxylation is 2. The second-order valence-electron chi connectivity index (χ2n) is 8.11. The molecule has 12 nitrogen and oxygen atoms in total. The summed E-state index contributed by atoms with van der Waals surface area (Å²) in [5.41, 5.74) is 5.30. The maximum absolute atomic E-state index is 12.4. The Bertz CT molecular complexity index is 1340. The van der Waals surface area contributed by atoms with Crippen molar-refractivity contribution in [2.75, 3.05) is 16.8 Å². The number of nitrogens with zero attached hydrogens (tertiary/aromatic N) is 5. The maximum Gasteiger partial charge on any atom is 0.573 e. The number of hydrogen-bond acceptors (Lipinski definition) is 7. The average Bonchev–Trinajstić information content (AvgIpc) is 3.29. The Morgan fingerprint density at radius 2 is 1.92 bits per heavy atom. The van der Waals surface area contributed by atoms with E-state index in [1.165, 1.54) is 39.8 Å². The molecule has 0 bridgehead atoms. The SMILES string of the molecule is NC(=O)CN(C=O)c1cn(CCCCn2ccc(NC(=O)Cc3cccc(OC(F)(F)F)c3)cc2=O)nn1. The quantitative estimate of drug-likeness (QED) is 0.248. The zero-order valence-corrected chi connectivity index (χ0v) is 19.9. The number of alkyl halides is 3. The van der Waals surface area contributed by atoms with Crippen molar-refractivity contribution in [3.8, 4) is 5.75 Å². The molecule has 0 aliphatic heterocycles. The van der Waals surface area contributed by atoms with Crippen LogP contribution in [0.15, 0.2) is 53.6 Å². The molecule has 202 valence electrons. The molecule has 0 unspecified atom stereocenters. The molecule has 0 saturated heterocycles. The van der Waals surface area contributed by atoms with E-state index in [9.17, 15) is 32.3 Å². The van der Waals surface area contributed by atoms with Gasteiger partial charge in [-0.25, -0.2) is 0 Å². The highest BCUT2D eigenvalue weighted by molar-refractivity contribution is 5.92. The third-order valence-corrected chi connectivity index (χ3v) is 5.09. The summed E-state index contributed by atoms with van der Waals surface area (Å²) in [5, 5.41) is 10.3. The minimum absolute atomic E-state index is 0.190. The number of nitrogens with one attached hydrogen (secondary N) is 1. The Kier molecular flexibility index (Phi) is 9.18. The molecule has 3 aromatic rings. The molecule has 0 aliphatic carbocycles. The van der Waals surface area contributed by atoms with Gasteiger partial charge in [0.15, 0.2) is 5.82 Å².